The average molecular weight is 396 g/mol. The highest BCUT2D eigenvalue weighted by molar-refractivity contribution is 9.10. The van der Waals surface area contributed by atoms with Crippen LogP contribution in [0.1, 0.15) is 52.0 Å². The molecular formula is C19H26BrNOS. The third-order valence-corrected chi connectivity index (χ3v) is 7.90. The Morgan fingerprint density at radius 1 is 1.26 bits per heavy atom. The molecule has 1 amide bonds. The highest BCUT2D eigenvalue weighted by Crippen LogP contribution is 2.52. The fourth-order valence-electron chi connectivity index (χ4n) is 3.96. The minimum Gasteiger partial charge on any atom is -0.296 e. The highest BCUT2D eigenvalue weighted by atomic mass is 79.9. The Hall–Kier alpha value is -0.480. The molecule has 1 heterocycles. The fraction of sp³-hybridized carbons (Fsp3) is 0.632. The van der Waals surface area contributed by atoms with Crippen molar-refractivity contribution >= 4 is 39.3 Å². The Morgan fingerprint density at radius 2 is 1.91 bits per heavy atom. The SMILES string of the molecule is Cc1ccc(N2C(=O)CSC23CCC(C(C)(C)C)CC3)cc1Br. The molecule has 1 saturated heterocycles. The molecule has 2 fully saturated rings. The van der Waals surface area contributed by atoms with Crippen LogP contribution in [0.25, 0.3) is 0 Å². The average Bonchev–Trinajstić information content (AvgIpc) is 2.78. The summed E-state index contributed by atoms with van der Waals surface area (Å²) in [5, 5.41) is 0. The molecule has 2 aliphatic rings. The third kappa shape index (κ3) is 3.21. The van der Waals surface area contributed by atoms with Crippen molar-refractivity contribution in [3.63, 3.8) is 0 Å². The van der Waals surface area contributed by atoms with E-state index in [0.717, 1.165) is 28.9 Å². The lowest BCUT2D eigenvalue weighted by molar-refractivity contribution is -0.116. The molecule has 0 aromatic heterocycles. The van der Waals surface area contributed by atoms with E-state index in [0.29, 0.717) is 11.2 Å². The van der Waals surface area contributed by atoms with Crippen LogP contribution in [-0.2, 0) is 4.79 Å². The Kier molecular flexibility index (Phi) is 4.61. The molecule has 126 valence electrons. The van der Waals surface area contributed by atoms with Crippen molar-refractivity contribution in [3.05, 3.63) is 28.2 Å². The zero-order chi connectivity index (χ0) is 16.8. The van der Waals surface area contributed by atoms with Crippen LogP contribution in [0.3, 0.4) is 0 Å². The lowest BCUT2D eigenvalue weighted by atomic mass is 9.71. The van der Waals surface area contributed by atoms with Crippen molar-refractivity contribution in [1.29, 1.82) is 0 Å². The van der Waals surface area contributed by atoms with Crippen molar-refractivity contribution in [2.75, 3.05) is 10.7 Å². The van der Waals surface area contributed by atoms with E-state index in [1.165, 1.54) is 18.4 Å². The molecule has 0 bridgehead atoms. The number of halogens is 1. The molecule has 0 N–H and O–H groups in total. The van der Waals surface area contributed by atoms with E-state index < -0.39 is 0 Å². The van der Waals surface area contributed by atoms with Gasteiger partial charge in [0.25, 0.3) is 0 Å². The molecule has 1 aliphatic carbocycles. The van der Waals surface area contributed by atoms with Gasteiger partial charge in [-0.15, -0.1) is 11.8 Å². The molecular weight excluding hydrogens is 370 g/mol. The number of nitrogens with zero attached hydrogens (tertiary/aromatic N) is 1. The fourth-order valence-corrected chi connectivity index (χ4v) is 5.70. The van der Waals surface area contributed by atoms with Gasteiger partial charge in [-0.2, -0.15) is 0 Å². The van der Waals surface area contributed by atoms with Gasteiger partial charge in [-0.3, -0.25) is 9.69 Å². The lowest BCUT2D eigenvalue weighted by Gasteiger charge is -2.45. The van der Waals surface area contributed by atoms with Crippen LogP contribution in [-0.4, -0.2) is 16.5 Å². The molecule has 1 aromatic rings. The first-order valence-corrected chi connectivity index (χ1v) is 10.2. The molecule has 1 spiro atoms. The normalized spacial score (nSPS) is 28.7. The number of rotatable bonds is 1. The zero-order valence-electron chi connectivity index (χ0n) is 14.5. The number of amides is 1. The maximum Gasteiger partial charge on any atom is 0.238 e. The molecule has 3 rings (SSSR count). The Bertz CT molecular complexity index is 614. The van der Waals surface area contributed by atoms with E-state index in [1.54, 1.807) is 0 Å². The van der Waals surface area contributed by atoms with Gasteiger partial charge < -0.3 is 0 Å². The zero-order valence-corrected chi connectivity index (χ0v) is 16.9. The van der Waals surface area contributed by atoms with Gasteiger partial charge in [-0.05, 0) is 61.6 Å². The van der Waals surface area contributed by atoms with E-state index in [-0.39, 0.29) is 10.8 Å². The third-order valence-electron chi connectivity index (χ3n) is 5.53. The molecule has 23 heavy (non-hydrogen) atoms. The largest absolute Gasteiger partial charge is 0.296 e. The minimum absolute atomic E-state index is 0.0203. The minimum atomic E-state index is -0.0203. The molecule has 1 saturated carbocycles. The first-order valence-electron chi connectivity index (χ1n) is 8.46. The topological polar surface area (TPSA) is 20.3 Å². The van der Waals surface area contributed by atoms with E-state index in [9.17, 15) is 4.79 Å². The first kappa shape index (κ1) is 17.3. The summed E-state index contributed by atoms with van der Waals surface area (Å²) in [6.45, 7) is 9.12. The number of anilines is 1. The molecule has 0 atom stereocenters. The monoisotopic (exact) mass is 395 g/mol. The predicted octanol–water partition coefficient (Wildman–Crippen LogP) is 5.77. The van der Waals surface area contributed by atoms with Gasteiger partial charge in [-0.1, -0.05) is 42.8 Å². The second-order valence-electron chi connectivity index (χ2n) is 8.04. The molecule has 0 radical (unpaired) electrons. The summed E-state index contributed by atoms with van der Waals surface area (Å²) in [5.41, 5.74) is 2.62. The van der Waals surface area contributed by atoms with E-state index in [2.05, 4.69) is 66.7 Å². The number of hydrogen-bond donors (Lipinski definition) is 0. The second kappa shape index (κ2) is 6.11. The number of carbonyl (C=O) groups excluding carboxylic acids is 1. The quantitative estimate of drug-likeness (QED) is 0.601. The molecule has 1 aliphatic heterocycles. The number of carbonyl (C=O) groups is 1. The van der Waals surface area contributed by atoms with Crippen molar-refractivity contribution in [3.8, 4) is 0 Å². The lowest BCUT2D eigenvalue weighted by Crippen LogP contribution is -2.48. The summed E-state index contributed by atoms with van der Waals surface area (Å²) < 4.78 is 1.08. The van der Waals surface area contributed by atoms with Crippen LogP contribution in [0.4, 0.5) is 5.69 Å². The predicted molar refractivity (Wildman–Crippen MR) is 103 cm³/mol. The van der Waals surface area contributed by atoms with Crippen LogP contribution in [0.15, 0.2) is 22.7 Å². The standard InChI is InChI=1S/C19H26BrNOS/c1-13-5-6-15(11-16(13)20)21-17(22)12-23-19(21)9-7-14(8-10-19)18(2,3)4/h5-6,11,14H,7-10,12H2,1-4H3. The van der Waals surface area contributed by atoms with Crippen molar-refractivity contribution in [1.82, 2.24) is 0 Å². The molecule has 2 nitrogen and oxygen atoms in total. The van der Waals surface area contributed by atoms with Crippen molar-refractivity contribution in [2.24, 2.45) is 11.3 Å². The number of benzene rings is 1. The van der Waals surface area contributed by atoms with E-state index in [1.807, 2.05) is 11.8 Å². The summed E-state index contributed by atoms with van der Waals surface area (Å²) in [5.74, 6) is 1.64. The second-order valence-corrected chi connectivity index (χ2v) is 10.2. The van der Waals surface area contributed by atoms with Crippen LogP contribution in [0.5, 0.6) is 0 Å². The molecule has 0 unspecified atom stereocenters. The summed E-state index contributed by atoms with van der Waals surface area (Å²) in [6, 6.07) is 6.31. The first-order chi connectivity index (χ1) is 10.7. The summed E-state index contributed by atoms with van der Waals surface area (Å²) >= 11 is 5.48. The van der Waals surface area contributed by atoms with Gasteiger partial charge in [-0.25, -0.2) is 0 Å². The number of hydrogen-bond acceptors (Lipinski definition) is 2. The van der Waals surface area contributed by atoms with Gasteiger partial charge in [0.1, 0.15) is 0 Å². The van der Waals surface area contributed by atoms with Crippen LogP contribution >= 0.6 is 27.7 Å². The Balaban J connectivity index is 1.87. The van der Waals surface area contributed by atoms with Gasteiger partial charge in [0.2, 0.25) is 5.91 Å². The summed E-state index contributed by atoms with van der Waals surface area (Å²) in [6.07, 6.45) is 4.65. The molecule has 1 aromatic carbocycles. The number of aryl methyl sites for hydroxylation is 1. The van der Waals surface area contributed by atoms with Gasteiger partial charge in [0.05, 0.1) is 10.6 Å². The maximum absolute atomic E-state index is 12.6. The molecule has 4 heteroatoms. The smallest absolute Gasteiger partial charge is 0.238 e. The Morgan fingerprint density at radius 3 is 2.48 bits per heavy atom. The van der Waals surface area contributed by atoms with Crippen LogP contribution < -0.4 is 4.90 Å². The number of thioether (sulfide) groups is 1. The van der Waals surface area contributed by atoms with Gasteiger partial charge >= 0.3 is 0 Å². The van der Waals surface area contributed by atoms with Crippen LogP contribution in [0, 0.1) is 18.3 Å². The summed E-state index contributed by atoms with van der Waals surface area (Å²) in [7, 11) is 0. The van der Waals surface area contributed by atoms with Crippen molar-refractivity contribution < 1.29 is 4.79 Å². The maximum atomic E-state index is 12.6. The highest BCUT2D eigenvalue weighted by Gasteiger charge is 2.49. The van der Waals surface area contributed by atoms with Crippen molar-refractivity contribution in [2.45, 2.75) is 58.2 Å². The van der Waals surface area contributed by atoms with E-state index in [4.69, 9.17) is 0 Å². The van der Waals surface area contributed by atoms with E-state index >= 15 is 0 Å². The van der Waals surface area contributed by atoms with Crippen LogP contribution in [0.2, 0.25) is 0 Å². The summed E-state index contributed by atoms with van der Waals surface area (Å²) in [4.78, 5) is 14.7. The van der Waals surface area contributed by atoms with Gasteiger partial charge in [0.15, 0.2) is 0 Å². The Labute approximate surface area is 152 Å². The van der Waals surface area contributed by atoms with Gasteiger partial charge in [0, 0.05) is 10.2 Å².